The van der Waals surface area contributed by atoms with Crippen molar-refractivity contribution in [1.82, 2.24) is 5.32 Å². The first-order valence-corrected chi connectivity index (χ1v) is 6.68. The molecule has 2 fully saturated rings. The summed E-state index contributed by atoms with van der Waals surface area (Å²) < 4.78 is 0. The molecular weight excluding hydrogens is 246 g/mol. The number of carbonyl (C=O) groups is 4. The van der Waals surface area contributed by atoms with Gasteiger partial charge in [0.15, 0.2) is 0 Å². The van der Waals surface area contributed by atoms with Crippen molar-refractivity contribution in [2.45, 2.75) is 46.0 Å². The SMILES string of the molecule is CC1(C)CCC1C(=O)NC(=O)C1CC(=O)CC(=O)C1. The van der Waals surface area contributed by atoms with E-state index < -0.39 is 11.8 Å². The van der Waals surface area contributed by atoms with Gasteiger partial charge in [-0.15, -0.1) is 0 Å². The van der Waals surface area contributed by atoms with Crippen LogP contribution in [0.3, 0.4) is 0 Å². The third-order valence-electron chi connectivity index (χ3n) is 4.30. The zero-order valence-electron chi connectivity index (χ0n) is 11.3. The van der Waals surface area contributed by atoms with E-state index in [0.717, 1.165) is 12.8 Å². The lowest BCUT2D eigenvalue weighted by Gasteiger charge is -2.43. The Labute approximate surface area is 112 Å². The van der Waals surface area contributed by atoms with Gasteiger partial charge in [-0.1, -0.05) is 13.8 Å². The molecule has 0 aromatic heterocycles. The minimum absolute atomic E-state index is 0.0669. The van der Waals surface area contributed by atoms with Gasteiger partial charge in [0.2, 0.25) is 11.8 Å². The molecule has 5 nitrogen and oxygen atoms in total. The van der Waals surface area contributed by atoms with Crippen LogP contribution < -0.4 is 5.32 Å². The van der Waals surface area contributed by atoms with Gasteiger partial charge in [0.25, 0.3) is 0 Å². The second-order valence-corrected chi connectivity index (χ2v) is 6.29. The molecule has 2 aliphatic rings. The third kappa shape index (κ3) is 2.91. The molecule has 0 saturated heterocycles. The maximum absolute atomic E-state index is 12.0. The van der Waals surface area contributed by atoms with Gasteiger partial charge in [-0.2, -0.15) is 0 Å². The van der Waals surface area contributed by atoms with E-state index in [2.05, 4.69) is 5.32 Å². The third-order valence-corrected chi connectivity index (χ3v) is 4.30. The predicted octanol–water partition coefficient (Wildman–Crippen LogP) is 1.00. The molecule has 0 aromatic rings. The number of rotatable bonds is 2. The first kappa shape index (κ1) is 13.9. The molecule has 0 bridgehead atoms. The zero-order chi connectivity index (χ0) is 14.2. The molecular formula is C14H19NO4. The van der Waals surface area contributed by atoms with Gasteiger partial charge in [-0.25, -0.2) is 0 Å². The molecule has 2 saturated carbocycles. The smallest absolute Gasteiger partial charge is 0.230 e. The fourth-order valence-corrected chi connectivity index (χ4v) is 2.83. The molecule has 19 heavy (non-hydrogen) atoms. The van der Waals surface area contributed by atoms with Crippen molar-refractivity contribution >= 4 is 23.4 Å². The van der Waals surface area contributed by atoms with Gasteiger partial charge in [0.05, 0.1) is 12.3 Å². The normalized spacial score (nSPS) is 26.7. The van der Waals surface area contributed by atoms with Gasteiger partial charge in [-0.3, -0.25) is 24.5 Å². The predicted molar refractivity (Wildman–Crippen MR) is 67.0 cm³/mol. The molecule has 1 unspecified atom stereocenters. The van der Waals surface area contributed by atoms with E-state index in [9.17, 15) is 19.2 Å². The van der Waals surface area contributed by atoms with Gasteiger partial charge in [0.1, 0.15) is 11.6 Å². The molecule has 1 atom stereocenters. The summed E-state index contributed by atoms with van der Waals surface area (Å²) in [6, 6.07) is 0. The monoisotopic (exact) mass is 265 g/mol. The first-order chi connectivity index (χ1) is 8.79. The molecule has 1 N–H and O–H groups in total. The number of imide groups is 1. The maximum atomic E-state index is 12.0. The van der Waals surface area contributed by atoms with Crippen LogP contribution in [-0.4, -0.2) is 23.4 Å². The van der Waals surface area contributed by atoms with Crippen molar-refractivity contribution in [3.63, 3.8) is 0 Å². The number of Topliss-reactive ketones (excluding diaryl/α,β-unsaturated/α-hetero) is 2. The van der Waals surface area contributed by atoms with Gasteiger partial charge >= 0.3 is 0 Å². The molecule has 0 aromatic carbocycles. The number of carbonyl (C=O) groups excluding carboxylic acids is 4. The van der Waals surface area contributed by atoms with Crippen LogP contribution in [0.1, 0.15) is 46.0 Å². The summed E-state index contributed by atoms with van der Waals surface area (Å²) in [5.41, 5.74) is -0.0669. The van der Waals surface area contributed by atoms with Crippen molar-refractivity contribution in [2.24, 2.45) is 17.3 Å². The quantitative estimate of drug-likeness (QED) is 0.596. The molecule has 0 heterocycles. The van der Waals surface area contributed by atoms with E-state index in [1.54, 1.807) is 0 Å². The van der Waals surface area contributed by atoms with E-state index in [-0.39, 0.29) is 48.1 Å². The van der Waals surface area contributed by atoms with Crippen LogP contribution in [0.4, 0.5) is 0 Å². The van der Waals surface area contributed by atoms with Gasteiger partial charge in [0, 0.05) is 18.8 Å². The van der Waals surface area contributed by atoms with Crippen molar-refractivity contribution in [3.05, 3.63) is 0 Å². The summed E-state index contributed by atoms with van der Waals surface area (Å²) in [5.74, 6) is -1.99. The minimum atomic E-state index is -0.666. The van der Waals surface area contributed by atoms with E-state index in [4.69, 9.17) is 0 Å². The second-order valence-electron chi connectivity index (χ2n) is 6.29. The standard InChI is InChI=1S/C14H19NO4/c1-14(2)4-3-11(14)13(19)15-12(18)8-5-9(16)7-10(17)6-8/h8,11H,3-7H2,1-2H3,(H,15,18,19). The lowest BCUT2D eigenvalue weighted by atomic mass is 9.62. The van der Waals surface area contributed by atoms with Crippen LogP contribution in [0.2, 0.25) is 0 Å². The highest BCUT2D eigenvalue weighted by Crippen LogP contribution is 2.45. The fraction of sp³-hybridized carbons (Fsp3) is 0.714. The Bertz CT molecular complexity index is 436. The molecule has 0 spiro atoms. The summed E-state index contributed by atoms with van der Waals surface area (Å²) in [6.07, 6.45) is 1.82. The van der Waals surface area contributed by atoms with Crippen LogP contribution in [0.15, 0.2) is 0 Å². The van der Waals surface area contributed by atoms with Crippen LogP contribution in [0.5, 0.6) is 0 Å². The topological polar surface area (TPSA) is 80.3 Å². The van der Waals surface area contributed by atoms with Gasteiger partial charge < -0.3 is 0 Å². The second kappa shape index (κ2) is 4.87. The van der Waals surface area contributed by atoms with E-state index in [0.29, 0.717) is 0 Å². The highest BCUT2D eigenvalue weighted by atomic mass is 16.2. The highest BCUT2D eigenvalue weighted by molar-refractivity contribution is 6.07. The molecule has 5 heteroatoms. The molecule has 2 aliphatic carbocycles. The lowest BCUT2D eigenvalue weighted by Crippen LogP contribution is -2.49. The first-order valence-electron chi connectivity index (χ1n) is 6.68. The van der Waals surface area contributed by atoms with Crippen LogP contribution >= 0.6 is 0 Å². The van der Waals surface area contributed by atoms with E-state index in [1.807, 2.05) is 13.8 Å². The van der Waals surface area contributed by atoms with E-state index >= 15 is 0 Å². The Kier molecular flexibility index (Phi) is 3.56. The zero-order valence-corrected chi connectivity index (χ0v) is 11.3. The van der Waals surface area contributed by atoms with Crippen molar-refractivity contribution in [3.8, 4) is 0 Å². The fourth-order valence-electron chi connectivity index (χ4n) is 2.83. The number of hydrogen-bond donors (Lipinski definition) is 1. The van der Waals surface area contributed by atoms with Crippen molar-refractivity contribution in [2.75, 3.05) is 0 Å². The van der Waals surface area contributed by atoms with Crippen LogP contribution in [0, 0.1) is 17.3 Å². The Morgan fingerprint density at radius 3 is 2.11 bits per heavy atom. The molecule has 104 valence electrons. The maximum Gasteiger partial charge on any atom is 0.230 e. The lowest BCUT2D eigenvalue weighted by molar-refractivity contribution is -0.144. The number of ketones is 2. The number of hydrogen-bond acceptors (Lipinski definition) is 4. The molecule has 0 radical (unpaired) electrons. The Hall–Kier alpha value is -1.52. The van der Waals surface area contributed by atoms with Gasteiger partial charge in [-0.05, 0) is 18.3 Å². The minimum Gasteiger partial charge on any atom is -0.299 e. The highest BCUT2D eigenvalue weighted by Gasteiger charge is 2.44. The molecule has 2 rings (SSSR count). The average molecular weight is 265 g/mol. The Balaban J connectivity index is 1.92. The van der Waals surface area contributed by atoms with Crippen molar-refractivity contribution in [1.29, 1.82) is 0 Å². The average Bonchev–Trinajstić information content (AvgIpc) is 2.26. The molecule has 0 aliphatic heterocycles. The Morgan fingerprint density at radius 1 is 1.11 bits per heavy atom. The summed E-state index contributed by atoms with van der Waals surface area (Å²) in [7, 11) is 0. The summed E-state index contributed by atoms with van der Waals surface area (Å²) in [4.78, 5) is 46.5. The Morgan fingerprint density at radius 2 is 1.68 bits per heavy atom. The van der Waals surface area contributed by atoms with Crippen LogP contribution in [-0.2, 0) is 19.2 Å². The summed E-state index contributed by atoms with van der Waals surface area (Å²) in [5, 5.41) is 2.37. The number of nitrogens with one attached hydrogen (secondary N) is 1. The number of amides is 2. The van der Waals surface area contributed by atoms with Crippen LogP contribution in [0.25, 0.3) is 0 Å². The summed E-state index contributed by atoms with van der Waals surface area (Å²) in [6.45, 7) is 4.00. The van der Waals surface area contributed by atoms with E-state index in [1.165, 1.54) is 0 Å². The summed E-state index contributed by atoms with van der Waals surface area (Å²) >= 11 is 0. The van der Waals surface area contributed by atoms with Crippen molar-refractivity contribution < 1.29 is 19.2 Å². The largest absolute Gasteiger partial charge is 0.299 e. The molecule has 2 amide bonds.